The van der Waals surface area contributed by atoms with E-state index in [0.717, 1.165) is 18.2 Å². The van der Waals surface area contributed by atoms with Gasteiger partial charge < -0.3 is 10.7 Å². The molecule has 0 bridgehead atoms. The Morgan fingerprint density at radius 2 is 1.59 bits per heavy atom. The molecule has 0 radical (unpaired) electrons. The molecule has 0 aliphatic rings. The lowest BCUT2D eigenvalue weighted by Gasteiger charge is -2.29. The summed E-state index contributed by atoms with van der Waals surface area (Å²) in [6.07, 6.45) is -4.83. The minimum atomic E-state index is -4.83. The number of rotatable bonds is 4. The lowest BCUT2D eigenvalue weighted by atomic mass is 9.88. The minimum absolute atomic E-state index is 0.105. The number of H-pyrrole nitrogens is 1. The summed E-state index contributed by atoms with van der Waals surface area (Å²) in [6.45, 7) is 8.13. The van der Waals surface area contributed by atoms with Gasteiger partial charge in [-0.05, 0) is 60.9 Å². The van der Waals surface area contributed by atoms with Gasteiger partial charge >= 0.3 is 6.18 Å². The van der Waals surface area contributed by atoms with Gasteiger partial charge in [-0.15, -0.1) is 0 Å². The topological polar surface area (TPSA) is 85.4 Å². The number of fused-ring (bicyclic) bond motifs is 1. The Hall–Kier alpha value is -4.28. The van der Waals surface area contributed by atoms with Gasteiger partial charge in [0.15, 0.2) is 5.65 Å². The molecule has 11 heteroatoms. The van der Waals surface area contributed by atoms with Crippen molar-refractivity contribution < 1.29 is 22.0 Å². The van der Waals surface area contributed by atoms with Crippen LogP contribution in [-0.2, 0) is 6.18 Å². The van der Waals surface area contributed by atoms with Gasteiger partial charge in [0.05, 0.1) is 28.2 Å². The fourth-order valence-electron chi connectivity index (χ4n) is 4.39. The van der Waals surface area contributed by atoms with Crippen molar-refractivity contribution >= 4 is 17.1 Å². The van der Waals surface area contributed by atoms with E-state index >= 15 is 0 Å². The van der Waals surface area contributed by atoms with Crippen molar-refractivity contribution in [3.05, 3.63) is 71.8 Å². The number of aromatic amines is 1. The highest BCUT2D eigenvalue weighted by molar-refractivity contribution is 5.84. The molecule has 2 aromatic carbocycles. The monoisotopic (exact) mass is 540 g/mol. The van der Waals surface area contributed by atoms with Gasteiger partial charge in [0.1, 0.15) is 23.0 Å². The summed E-state index contributed by atoms with van der Waals surface area (Å²) in [5.41, 5.74) is 6.25. The molecule has 0 fully saturated rings. The van der Waals surface area contributed by atoms with Crippen LogP contribution in [0.4, 0.5) is 27.9 Å². The van der Waals surface area contributed by atoms with E-state index in [4.69, 9.17) is 10.7 Å². The fourth-order valence-corrected chi connectivity index (χ4v) is 4.39. The summed E-state index contributed by atoms with van der Waals surface area (Å²) in [5.74, 6) is -1.67. The average Bonchev–Trinajstić information content (AvgIpc) is 3.43. The van der Waals surface area contributed by atoms with Crippen LogP contribution in [0.5, 0.6) is 0 Å². The molecule has 0 aliphatic heterocycles. The van der Waals surface area contributed by atoms with Crippen molar-refractivity contribution in [1.29, 1.82) is 0 Å². The highest BCUT2D eigenvalue weighted by Crippen LogP contribution is 2.41. The number of pyridine rings is 1. The first-order chi connectivity index (χ1) is 18.3. The highest BCUT2D eigenvalue weighted by Gasteiger charge is 2.36. The standard InChI is InChI=1S/C28H25F5N6/c1-14(27(2,3)4)39-25-20(36-26(39)34)13-12-19(35-25)23-22(15-8-10-16(29)11-9-15)37-24(38-23)21-17(28(31,32)33)6-5-7-18(21)30/h5-14H,1-4H3,(H2,34,36)(H,37,38)/t14-/m1/s1. The third-order valence-electron chi connectivity index (χ3n) is 6.84. The summed E-state index contributed by atoms with van der Waals surface area (Å²) in [4.78, 5) is 16.4. The molecule has 0 amide bonds. The Labute approximate surface area is 220 Å². The lowest BCUT2D eigenvalue weighted by Crippen LogP contribution is -2.23. The molecule has 0 spiro atoms. The number of halogens is 5. The Balaban J connectivity index is 1.77. The predicted octanol–water partition coefficient (Wildman–Crippen LogP) is 7.64. The van der Waals surface area contributed by atoms with Crippen LogP contribution in [-0.4, -0.2) is 24.5 Å². The third kappa shape index (κ3) is 4.73. The van der Waals surface area contributed by atoms with E-state index in [1.54, 1.807) is 16.7 Å². The minimum Gasteiger partial charge on any atom is -0.369 e. The second-order valence-electron chi connectivity index (χ2n) is 10.4. The molecule has 39 heavy (non-hydrogen) atoms. The van der Waals surface area contributed by atoms with Crippen molar-refractivity contribution in [3.8, 4) is 34.0 Å². The zero-order chi connectivity index (χ0) is 28.3. The molecule has 3 heterocycles. The molecule has 5 rings (SSSR count). The van der Waals surface area contributed by atoms with Crippen LogP contribution >= 0.6 is 0 Å². The zero-order valence-electron chi connectivity index (χ0n) is 21.5. The van der Waals surface area contributed by atoms with Crippen LogP contribution in [0.2, 0.25) is 0 Å². The highest BCUT2D eigenvalue weighted by atomic mass is 19.4. The number of aromatic nitrogens is 5. The molecule has 0 saturated heterocycles. The van der Waals surface area contributed by atoms with E-state index in [9.17, 15) is 22.0 Å². The van der Waals surface area contributed by atoms with Crippen molar-refractivity contribution in [2.24, 2.45) is 5.41 Å². The van der Waals surface area contributed by atoms with E-state index in [1.807, 2.05) is 27.7 Å². The van der Waals surface area contributed by atoms with E-state index < -0.39 is 28.9 Å². The fraction of sp³-hybridized carbons (Fsp3) is 0.250. The van der Waals surface area contributed by atoms with Gasteiger partial charge in [-0.3, -0.25) is 4.57 Å². The van der Waals surface area contributed by atoms with Crippen LogP contribution in [0.1, 0.15) is 39.3 Å². The summed E-state index contributed by atoms with van der Waals surface area (Å²) < 4.78 is 71.8. The number of imidazole rings is 2. The number of nitrogens with one attached hydrogen (secondary N) is 1. The van der Waals surface area contributed by atoms with Crippen molar-refractivity contribution in [2.45, 2.75) is 39.9 Å². The summed E-state index contributed by atoms with van der Waals surface area (Å²) in [7, 11) is 0. The van der Waals surface area contributed by atoms with Gasteiger partial charge in [0, 0.05) is 11.6 Å². The number of alkyl halides is 3. The Bertz CT molecular complexity index is 1680. The van der Waals surface area contributed by atoms with E-state index in [0.29, 0.717) is 22.4 Å². The van der Waals surface area contributed by atoms with E-state index in [1.165, 1.54) is 24.3 Å². The maximum absolute atomic E-state index is 14.9. The summed E-state index contributed by atoms with van der Waals surface area (Å²) in [5, 5.41) is 0. The van der Waals surface area contributed by atoms with Gasteiger partial charge in [0.25, 0.3) is 0 Å². The van der Waals surface area contributed by atoms with Gasteiger partial charge in [-0.1, -0.05) is 26.8 Å². The molecule has 1 atom stereocenters. The molecule has 0 unspecified atom stereocenters. The van der Waals surface area contributed by atoms with Gasteiger partial charge in [-0.25, -0.2) is 23.7 Å². The van der Waals surface area contributed by atoms with E-state index in [-0.39, 0.29) is 34.6 Å². The van der Waals surface area contributed by atoms with Crippen LogP contribution in [0.3, 0.4) is 0 Å². The Morgan fingerprint density at radius 3 is 2.23 bits per heavy atom. The zero-order valence-corrected chi connectivity index (χ0v) is 21.5. The quantitative estimate of drug-likeness (QED) is 0.229. The first-order valence-electron chi connectivity index (χ1n) is 12.1. The number of nitrogen functional groups attached to an aromatic ring is 1. The first kappa shape index (κ1) is 26.3. The third-order valence-corrected chi connectivity index (χ3v) is 6.84. The second kappa shape index (κ2) is 9.18. The van der Waals surface area contributed by atoms with Gasteiger partial charge in [0.2, 0.25) is 5.95 Å². The average molecular weight is 541 g/mol. The van der Waals surface area contributed by atoms with Crippen molar-refractivity contribution in [1.82, 2.24) is 24.5 Å². The lowest BCUT2D eigenvalue weighted by molar-refractivity contribution is -0.137. The normalized spacial score (nSPS) is 13.3. The number of hydrogen-bond donors (Lipinski definition) is 2. The van der Waals surface area contributed by atoms with Crippen LogP contribution < -0.4 is 5.73 Å². The van der Waals surface area contributed by atoms with E-state index in [2.05, 4.69) is 15.0 Å². The second-order valence-corrected chi connectivity index (χ2v) is 10.4. The number of hydrogen-bond acceptors (Lipinski definition) is 4. The molecular formula is C28H25F5N6. The van der Waals surface area contributed by atoms with Crippen LogP contribution in [0, 0.1) is 17.0 Å². The molecule has 0 saturated carbocycles. The summed E-state index contributed by atoms with van der Waals surface area (Å²) >= 11 is 0. The van der Waals surface area contributed by atoms with Gasteiger partial charge in [-0.2, -0.15) is 13.2 Å². The maximum atomic E-state index is 14.9. The van der Waals surface area contributed by atoms with Crippen molar-refractivity contribution in [2.75, 3.05) is 5.73 Å². The van der Waals surface area contributed by atoms with Crippen LogP contribution in [0.15, 0.2) is 54.6 Å². The molecule has 6 nitrogen and oxygen atoms in total. The molecule has 0 aliphatic carbocycles. The predicted molar refractivity (Wildman–Crippen MR) is 139 cm³/mol. The Kier molecular flexibility index (Phi) is 6.20. The molecule has 202 valence electrons. The number of anilines is 1. The smallest absolute Gasteiger partial charge is 0.369 e. The number of benzene rings is 2. The first-order valence-corrected chi connectivity index (χ1v) is 12.1. The molecule has 3 N–H and O–H groups in total. The summed E-state index contributed by atoms with van der Waals surface area (Å²) in [6, 6.07) is 11.2. The molecule has 3 aromatic heterocycles. The maximum Gasteiger partial charge on any atom is 0.417 e. The number of nitrogens with zero attached hydrogens (tertiary/aromatic N) is 4. The van der Waals surface area contributed by atoms with Crippen LogP contribution in [0.25, 0.3) is 45.2 Å². The molecule has 5 aromatic rings. The largest absolute Gasteiger partial charge is 0.417 e. The SMILES string of the molecule is C[C@@H](n1c(N)nc2ccc(-c3[nH]c(-c4c(F)cccc4C(F)(F)F)nc3-c3ccc(F)cc3)nc21)C(C)(C)C. The number of nitrogens with two attached hydrogens (primary N) is 1. The Morgan fingerprint density at radius 1 is 0.897 bits per heavy atom. The molecular weight excluding hydrogens is 515 g/mol. The van der Waals surface area contributed by atoms with Crippen molar-refractivity contribution in [3.63, 3.8) is 0 Å².